The molecule has 1 aromatic heterocycles. The Morgan fingerprint density at radius 2 is 1.71 bits per heavy atom. The second-order valence-corrected chi connectivity index (χ2v) is 7.13. The molecule has 122 valence electrons. The Hall–Kier alpha value is -2.68. The van der Waals surface area contributed by atoms with E-state index < -0.39 is 5.41 Å². The van der Waals surface area contributed by atoms with Crippen molar-refractivity contribution in [1.82, 2.24) is 4.98 Å². The van der Waals surface area contributed by atoms with Crippen LogP contribution in [0.1, 0.15) is 26.3 Å². The van der Waals surface area contributed by atoms with E-state index in [-0.39, 0.29) is 5.91 Å². The lowest BCUT2D eigenvalue weighted by Crippen LogP contribution is -2.27. The molecule has 3 rings (SSSR count). The highest BCUT2D eigenvalue weighted by molar-refractivity contribution is 6.06. The Labute approximate surface area is 142 Å². The topological polar surface area (TPSA) is 42.0 Å². The zero-order valence-corrected chi connectivity index (χ0v) is 14.6. The second-order valence-electron chi connectivity index (χ2n) is 7.13. The number of amides is 1. The summed E-state index contributed by atoms with van der Waals surface area (Å²) in [7, 11) is 0. The molecule has 0 atom stereocenters. The van der Waals surface area contributed by atoms with Gasteiger partial charge in [0.25, 0.3) is 0 Å². The summed E-state index contributed by atoms with van der Waals surface area (Å²) in [6.07, 6.45) is 1.76. The van der Waals surface area contributed by atoms with Gasteiger partial charge < -0.3 is 5.32 Å². The van der Waals surface area contributed by atoms with Crippen molar-refractivity contribution in [3.8, 4) is 11.1 Å². The number of hydrogen-bond acceptors (Lipinski definition) is 2. The van der Waals surface area contributed by atoms with E-state index in [1.807, 2.05) is 45.0 Å². The molecule has 0 aliphatic rings. The van der Waals surface area contributed by atoms with Crippen LogP contribution in [-0.2, 0) is 4.79 Å². The summed E-state index contributed by atoms with van der Waals surface area (Å²) in [5.41, 5.74) is 4.61. The largest absolute Gasteiger partial charge is 0.324 e. The lowest BCUT2D eigenvalue weighted by molar-refractivity contribution is -0.123. The summed E-state index contributed by atoms with van der Waals surface area (Å²) in [6.45, 7) is 7.78. The fraction of sp³-hybridized carbons (Fsp3) is 0.238. The number of anilines is 1. The number of carbonyl (C=O) groups excluding carboxylic acids is 1. The SMILES string of the molecule is Cc1ccc(-c2ccc(NC(=O)C(C)(C)C)c3ncccc23)cc1. The number of carbonyl (C=O) groups is 1. The minimum atomic E-state index is -0.448. The van der Waals surface area contributed by atoms with Crippen LogP contribution in [0.25, 0.3) is 22.0 Å². The first-order chi connectivity index (χ1) is 11.4. The minimum Gasteiger partial charge on any atom is -0.324 e. The van der Waals surface area contributed by atoms with Gasteiger partial charge >= 0.3 is 0 Å². The Balaban J connectivity index is 2.11. The van der Waals surface area contributed by atoms with Crippen LogP contribution in [0.3, 0.4) is 0 Å². The molecule has 3 aromatic rings. The maximum absolute atomic E-state index is 12.3. The molecule has 3 nitrogen and oxygen atoms in total. The predicted octanol–water partition coefficient (Wildman–Crippen LogP) is 5.19. The van der Waals surface area contributed by atoms with Gasteiger partial charge in [-0.25, -0.2) is 0 Å². The van der Waals surface area contributed by atoms with E-state index in [1.165, 1.54) is 5.56 Å². The van der Waals surface area contributed by atoms with Crippen molar-refractivity contribution in [3.63, 3.8) is 0 Å². The number of aromatic nitrogens is 1. The molecule has 1 heterocycles. The molecule has 24 heavy (non-hydrogen) atoms. The predicted molar refractivity (Wildman–Crippen MR) is 100 cm³/mol. The van der Waals surface area contributed by atoms with Crippen molar-refractivity contribution in [2.24, 2.45) is 5.41 Å². The fourth-order valence-electron chi connectivity index (χ4n) is 2.57. The Bertz CT molecular complexity index is 890. The lowest BCUT2D eigenvalue weighted by atomic mass is 9.95. The van der Waals surface area contributed by atoms with Gasteiger partial charge in [-0.15, -0.1) is 0 Å². The smallest absolute Gasteiger partial charge is 0.229 e. The maximum atomic E-state index is 12.3. The first-order valence-electron chi connectivity index (χ1n) is 8.12. The van der Waals surface area contributed by atoms with Gasteiger partial charge in [-0.05, 0) is 30.2 Å². The van der Waals surface area contributed by atoms with E-state index in [0.29, 0.717) is 0 Å². The summed E-state index contributed by atoms with van der Waals surface area (Å²) in [6, 6.07) is 16.4. The molecule has 0 aliphatic carbocycles. The third-order valence-corrected chi connectivity index (χ3v) is 4.06. The van der Waals surface area contributed by atoms with E-state index in [1.54, 1.807) is 6.20 Å². The summed E-state index contributed by atoms with van der Waals surface area (Å²) < 4.78 is 0. The first kappa shape index (κ1) is 16.2. The molecule has 0 spiro atoms. The van der Waals surface area contributed by atoms with Crippen LogP contribution in [0.5, 0.6) is 0 Å². The normalized spacial score (nSPS) is 11.5. The van der Waals surface area contributed by atoms with E-state index in [9.17, 15) is 4.79 Å². The van der Waals surface area contributed by atoms with E-state index in [2.05, 4.69) is 41.5 Å². The van der Waals surface area contributed by atoms with Crippen molar-refractivity contribution in [3.05, 3.63) is 60.3 Å². The number of rotatable bonds is 2. The molecule has 3 heteroatoms. The molecule has 0 bridgehead atoms. The van der Waals surface area contributed by atoms with Crippen LogP contribution >= 0.6 is 0 Å². The average molecular weight is 318 g/mol. The van der Waals surface area contributed by atoms with E-state index >= 15 is 0 Å². The molecule has 0 fully saturated rings. The monoisotopic (exact) mass is 318 g/mol. The molecule has 1 amide bonds. The first-order valence-corrected chi connectivity index (χ1v) is 8.12. The van der Waals surface area contributed by atoms with Gasteiger partial charge in [0.2, 0.25) is 5.91 Å². The van der Waals surface area contributed by atoms with Gasteiger partial charge in [0, 0.05) is 17.0 Å². The van der Waals surface area contributed by atoms with Gasteiger partial charge in [0.1, 0.15) is 0 Å². The van der Waals surface area contributed by atoms with Crippen molar-refractivity contribution in [2.75, 3.05) is 5.32 Å². The van der Waals surface area contributed by atoms with Gasteiger partial charge in [-0.1, -0.05) is 62.7 Å². The van der Waals surface area contributed by atoms with Crippen LogP contribution in [0, 0.1) is 12.3 Å². The number of fused-ring (bicyclic) bond motifs is 1. The average Bonchev–Trinajstić information content (AvgIpc) is 2.55. The fourth-order valence-corrected chi connectivity index (χ4v) is 2.57. The van der Waals surface area contributed by atoms with Crippen molar-refractivity contribution >= 4 is 22.5 Å². The van der Waals surface area contributed by atoms with E-state index in [4.69, 9.17) is 0 Å². The summed E-state index contributed by atoms with van der Waals surface area (Å²) >= 11 is 0. The van der Waals surface area contributed by atoms with Gasteiger partial charge in [-0.2, -0.15) is 0 Å². The van der Waals surface area contributed by atoms with Crippen molar-refractivity contribution in [1.29, 1.82) is 0 Å². The van der Waals surface area contributed by atoms with Gasteiger partial charge in [-0.3, -0.25) is 9.78 Å². The standard InChI is InChI=1S/C21H22N2O/c1-14-7-9-15(10-8-14)16-11-12-18(23-20(24)21(2,3)4)19-17(16)6-5-13-22-19/h5-13H,1-4H3,(H,23,24). The third kappa shape index (κ3) is 3.16. The molecule has 0 radical (unpaired) electrons. The third-order valence-electron chi connectivity index (χ3n) is 4.06. The van der Waals surface area contributed by atoms with Crippen LogP contribution < -0.4 is 5.32 Å². The Morgan fingerprint density at radius 3 is 2.38 bits per heavy atom. The molecular formula is C21H22N2O. The zero-order chi connectivity index (χ0) is 17.3. The minimum absolute atomic E-state index is 0.0162. The number of nitrogens with one attached hydrogen (secondary N) is 1. The van der Waals surface area contributed by atoms with Crippen LogP contribution in [0.15, 0.2) is 54.7 Å². The number of pyridine rings is 1. The van der Waals surface area contributed by atoms with E-state index in [0.717, 1.165) is 27.7 Å². The number of nitrogens with zero attached hydrogens (tertiary/aromatic N) is 1. The van der Waals surface area contributed by atoms with Crippen LogP contribution in [-0.4, -0.2) is 10.9 Å². The maximum Gasteiger partial charge on any atom is 0.229 e. The molecule has 2 aromatic carbocycles. The summed E-state index contributed by atoms with van der Waals surface area (Å²) in [5, 5.41) is 4.05. The summed E-state index contributed by atoms with van der Waals surface area (Å²) in [5.74, 6) is -0.0162. The van der Waals surface area contributed by atoms with Crippen molar-refractivity contribution < 1.29 is 4.79 Å². The Kier molecular flexibility index (Phi) is 4.10. The number of aryl methyl sites for hydroxylation is 1. The lowest BCUT2D eigenvalue weighted by Gasteiger charge is -2.19. The highest BCUT2D eigenvalue weighted by Gasteiger charge is 2.22. The van der Waals surface area contributed by atoms with Crippen molar-refractivity contribution in [2.45, 2.75) is 27.7 Å². The molecule has 1 N–H and O–H groups in total. The number of hydrogen-bond donors (Lipinski definition) is 1. The van der Waals surface area contributed by atoms with Crippen LogP contribution in [0.2, 0.25) is 0 Å². The summed E-state index contributed by atoms with van der Waals surface area (Å²) in [4.78, 5) is 16.8. The number of benzene rings is 2. The molecular weight excluding hydrogens is 296 g/mol. The quantitative estimate of drug-likeness (QED) is 0.706. The Morgan fingerprint density at radius 1 is 1.00 bits per heavy atom. The molecule has 0 aliphatic heterocycles. The molecule has 0 saturated heterocycles. The van der Waals surface area contributed by atoms with Gasteiger partial charge in [0.05, 0.1) is 11.2 Å². The molecule has 0 saturated carbocycles. The second kappa shape index (κ2) is 6.08. The van der Waals surface area contributed by atoms with Crippen LogP contribution in [0.4, 0.5) is 5.69 Å². The highest BCUT2D eigenvalue weighted by atomic mass is 16.2. The highest BCUT2D eigenvalue weighted by Crippen LogP contribution is 2.32. The zero-order valence-electron chi connectivity index (χ0n) is 14.6. The van der Waals surface area contributed by atoms with Gasteiger partial charge in [0.15, 0.2) is 0 Å². The molecule has 0 unspecified atom stereocenters.